The number of benzene rings is 1. The van der Waals surface area contributed by atoms with Gasteiger partial charge in [-0.1, -0.05) is 12.1 Å². The van der Waals surface area contributed by atoms with Crippen molar-refractivity contribution in [3.63, 3.8) is 0 Å². The van der Waals surface area contributed by atoms with Crippen molar-refractivity contribution in [3.8, 4) is 0 Å². The maximum Gasteiger partial charge on any atom is 0.253 e. The molecule has 2 aromatic rings. The third kappa shape index (κ3) is 4.21. The average Bonchev–Trinajstić information content (AvgIpc) is 2.61. The highest BCUT2D eigenvalue weighted by Crippen LogP contribution is 2.20. The number of rotatable bonds is 3. The molecule has 25 heavy (non-hydrogen) atoms. The van der Waals surface area contributed by atoms with Crippen LogP contribution in [0.2, 0.25) is 0 Å². The van der Waals surface area contributed by atoms with Gasteiger partial charge in [0, 0.05) is 24.3 Å². The highest BCUT2D eigenvalue weighted by molar-refractivity contribution is 5.96. The highest BCUT2D eigenvalue weighted by atomic mass is 19.1. The van der Waals surface area contributed by atoms with E-state index in [1.165, 1.54) is 18.2 Å². The molecule has 1 N–H and O–H groups in total. The maximum absolute atomic E-state index is 13.3. The molecule has 1 atom stereocenters. The summed E-state index contributed by atoms with van der Waals surface area (Å²) < 4.78 is 13.3. The zero-order valence-electron chi connectivity index (χ0n) is 14.0. The lowest BCUT2D eigenvalue weighted by Gasteiger charge is -2.32. The topological polar surface area (TPSA) is 62.3 Å². The molecule has 6 heteroatoms. The van der Waals surface area contributed by atoms with E-state index < -0.39 is 5.82 Å². The number of piperidine rings is 1. The molecule has 1 aromatic heterocycles. The number of carbonyl (C=O) groups is 2. The molecule has 1 saturated heterocycles. The van der Waals surface area contributed by atoms with Crippen molar-refractivity contribution in [2.45, 2.75) is 19.8 Å². The first-order valence-corrected chi connectivity index (χ1v) is 8.32. The monoisotopic (exact) mass is 341 g/mol. The summed E-state index contributed by atoms with van der Waals surface area (Å²) in [5, 5.41) is 2.81. The van der Waals surface area contributed by atoms with Crippen molar-refractivity contribution in [3.05, 3.63) is 59.5 Å². The minimum absolute atomic E-state index is 0.144. The van der Waals surface area contributed by atoms with Gasteiger partial charge in [0.05, 0.1) is 5.92 Å². The number of likely N-dealkylation sites (tertiary alicyclic amines) is 1. The predicted octanol–water partition coefficient (Wildman–Crippen LogP) is 3.02. The quantitative estimate of drug-likeness (QED) is 0.933. The standard InChI is InChI=1S/C19H20FN3O2/c1-13-5-2-9-17(21-13)22-18(24)15-7-4-10-23(12-15)19(25)14-6-3-8-16(20)11-14/h2-3,5-6,8-9,11,15H,4,7,10,12H2,1H3,(H,21,22,24)/t15-/m1/s1. The molecule has 3 rings (SSSR count). The number of anilines is 1. The fraction of sp³-hybridized carbons (Fsp3) is 0.316. The normalized spacial score (nSPS) is 17.2. The number of carbonyl (C=O) groups excluding carboxylic acids is 2. The molecule has 0 bridgehead atoms. The van der Waals surface area contributed by atoms with Gasteiger partial charge in [-0.3, -0.25) is 9.59 Å². The zero-order valence-corrected chi connectivity index (χ0v) is 14.0. The first-order valence-electron chi connectivity index (χ1n) is 8.32. The highest BCUT2D eigenvalue weighted by Gasteiger charge is 2.29. The minimum atomic E-state index is -0.442. The van der Waals surface area contributed by atoms with Crippen LogP contribution in [0.15, 0.2) is 42.5 Å². The van der Waals surface area contributed by atoms with E-state index in [4.69, 9.17) is 0 Å². The van der Waals surface area contributed by atoms with E-state index in [1.807, 2.05) is 19.1 Å². The second-order valence-electron chi connectivity index (χ2n) is 6.25. The van der Waals surface area contributed by atoms with Gasteiger partial charge in [0.1, 0.15) is 11.6 Å². The number of aryl methyl sites for hydroxylation is 1. The van der Waals surface area contributed by atoms with Crippen LogP contribution in [0, 0.1) is 18.7 Å². The van der Waals surface area contributed by atoms with E-state index in [0.717, 1.165) is 12.1 Å². The lowest BCUT2D eigenvalue weighted by molar-refractivity contribution is -0.121. The molecule has 0 saturated carbocycles. The summed E-state index contributed by atoms with van der Waals surface area (Å²) in [6.07, 6.45) is 1.45. The van der Waals surface area contributed by atoms with E-state index in [0.29, 0.717) is 30.9 Å². The smallest absolute Gasteiger partial charge is 0.253 e. The van der Waals surface area contributed by atoms with Crippen LogP contribution in [0.3, 0.4) is 0 Å². The lowest BCUT2D eigenvalue weighted by atomic mass is 9.96. The van der Waals surface area contributed by atoms with Crippen LogP contribution < -0.4 is 5.32 Å². The number of nitrogens with one attached hydrogen (secondary N) is 1. The number of hydrogen-bond donors (Lipinski definition) is 1. The van der Waals surface area contributed by atoms with E-state index >= 15 is 0 Å². The van der Waals surface area contributed by atoms with Crippen molar-refractivity contribution in [2.24, 2.45) is 5.92 Å². The van der Waals surface area contributed by atoms with E-state index in [2.05, 4.69) is 10.3 Å². The predicted molar refractivity (Wildman–Crippen MR) is 92.6 cm³/mol. The van der Waals surface area contributed by atoms with Gasteiger partial charge < -0.3 is 10.2 Å². The maximum atomic E-state index is 13.3. The van der Waals surface area contributed by atoms with Crippen LogP contribution in [0.4, 0.5) is 10.2 Å². The van der Waals surface area contributed by atoms with Crippen LogP contribution in [0.25, 0.3) is 0 Å². The number of aromatic nitrogens is 1. The van der Waals surface area contributed by atoms with Crippen molar-refractivity contribution in [1.82, 2.24) is 9.88 Å². The molecule has 1 aliphatic rings. The summed E-state index contributed by atoms with van der Waals surface area (Å²) in [4.78, 5) is 30.9. The Morgan fingerprint density at radius 2 is 2.04 bits per heavy atom. The molecule has 0 unspecified atom stereocenters. The first-order chi connectivity index (χ1) is 12.0. The summed E-state index contributed by atoms with van der Waals surface area (Å²) >= 11 is 0. The molecule has 2 amide bonds. The fourth-order valence-electron chi connectivity index (χ4n) is 3.02. The van der Waals surface area contributed by atoms with Gasteiger partial charge in [-0.2, -0.15) is 0 Å². The SMILES string of the molecule is Cc1cccc(NC(=O)[C@@H]2CCCN(C(=O)c3cccc(F)c3)C2)n1. The summed E-state index contributed by atoms with van der Waals surface area (Å²) in [6.45, 7) is 2.75. The van der Waals surface area contributed by atoms with Crippen molar-refractivity contribution >= 4 is 17.6 Å². The Bertz CT molecular complexity index is 794. The second kappa shape index (κ2) is 7.42. The number of pyridine rings is 1. The average molecular weight is 341 g/mol. The molecule has 0 radical (unpaired) electrons. The Kier molecular flexibility index (Phi) is 5.07. The molecule has 1 fully saturated rings. The van der Waals surface area contributed by atoms with Crippen LogP contribution in [0.5, 0.6) is 0 Å². The lowest BCUT2D eigenvalue weighted by Crippen LogP contribution is -2.43. The molecule has 0 spiro atoms. The number of nitrogens with zero attached hydrogens (tertiary/aromatic N) is 2. The van der Waals surface area contributed by atoms with E-state index in [9.17, 15) is 14.0 Å². The number of hydrogen-bond acceptors (Lipinski definition) is 3. The van der Waals surface area contributed by atoms with Crippen molar-refractivity contribution in [2.75, 3.05) is 18.4 Å². The Balaban J connectivity index is 1.66. The van der Waals surface area contributed by atoms with Gasteiger partial charge in [0.25, 0.3) is 5.91 Å². The van der Waals surface area contributed by atoms with Crippen molar-refractivity contribution in [1.29, 1.82) is 0 Å². The van der Waals surface area contributed by atoms with Crippen molar-refractivity contribution < 1.29 is 14.0 Å². The third-order valence-corrected chi connectivity index (χ3v) is 4.29. The molecule has 0 aliphatic carbocycles. The summed E-state index contributed by atoms with van der Waals surface area (Å²) in [7, 11) is 0. The van der Waals surface area contributed by atoms with E-state index in [1.54, 1.807) is 17.0 Å². The second-order valence-corrected chi connectivity index (χ2v) is 6.25. The molecular formula is C19H20FN3O2. The Morgan fingerprint density at radius 1 is 1.24 bits per heavy atom. The number of halogens is 1. The van der Waals surface area contributed by atoms with Gasteiger partial charge in [-0.25, -0.2) is 9.37 Å². The van der Waals surface area contributed by atoms with Crippen LogP contribution >= 0.6 is 0 Å². The van der Waals surface area contributed by atoms with Gasteiger partial charge in [-0.15, -0.1) is 0 Å². The zero-order chi connectivity index (χ0) is 17.8. The molecule has 1 aliphatic heterocycles. The van der Waals surface area contributed by atoms with Gasteiger partial charge in [0.15, 0.2) is 0 Å². The largest absolute Gasteiger partial charge is 0.338 e. The van der Waals surface area contributed by atoms with E-state index in [-0.39, 0.29) is 17.7 Å². The van der Waals surface area contributed by atoms with Gasteiger partial charge in [0.2, 0.25) is 5.91 Å². The Hall–Kier alpha value is -2.76. The summed E-state index contributed by atoms with van der Waals surface area (Å²) in [6, 6.07) is 11.1. The summed E-state index contributed by atoms with van der Waals surface area (Å²) in [5.74, 6) is -0.615. The molecule has 5 nitrogen and oxygen atoms in total. The third-order valence-electron chi connectivity index (χ3n) is 4.29. The fourth-order valence-corrected chi connectivity index (χ4v) is 3.02. The van der Waals surface area contributed by atoms with Gasteiger partial charge >= 0.3 is 0 Å². The van der Waals surface area contributed by atoms with Crippen LogP contribution in [-0.4, -0.2) is 34.8 Å². The molecule has 130 valence electrons. The van der Waals surface area contributed by atoms with Gasteiger partial charge in [-0.05, 0) is 50.1 Å². The number of amides is 2. The molecule has 2 heterocycles. The van der Waals surface area contributed by atoms with Crippen LogP contribution in [0.1, 0.15) is 28.9 Å². The Labute approximate surface area is 145 Å². The first kappa shape index (κ1) is 17.1. The van der Waals surface area contributed by atoms with Crippen LogP contribution in [-0.2, 0) is 4.79 Å². The summed E-state index contributed by atoms with van der Waals surface area (Å²) in [5.41, 5.74) is 1.13. The molecule has 1 aromatic carbocycles. The minimum Gasteiger partial charge on any atom is -0.338 e. The Morgan fingerprint density at radius 3 is 2.80 bits per heavy atom. The molecular weight excluding hydrogens is 321 g/mol.